The Bertz CT molecular complexity index is 1380. The number of carbonyl (C=O) groups excluding carboxylic acids is 2. The molecule has 2 aromatic carbocycles. The number of benzene rings is 2. The molecule has 3 aromatic rings. The largest absolute Gasteiger partial charge is 0.324 e. The van der Waals surface area contributed by atoms with Gasteiger partial charge in [-0.05, 0) is 55.3 Å². The van der Waals surface area contributed by atoms with E-state index in [1.54, 1.807) is 48.7 Å². The fourth-order valence-corrected chi connectivity index (χ4v) is 6.59. The number of ketones is 1. The van der Waals surface area contributed by atoms with Crippen molar-refractivity contribution in [3.8, 4) is 0 Å². The molecule has 1 aromatic heterocycles. The maximum Gasteiger partial charge on any atom is 0.269 e. The monoisotopic (exact) mass is 488 g/mol. The van der Waals surface area contributed by atoms with Crippen molar-refractivity contribution < 1.29 is 14.5 Å². The molecule has 2 saturated heterocycles. The van der Waals surface area contributed by atoms with Crippen molar-refractivity contribution in [2.75, 3.05) is 11.9 Å². The summed E-state index contributed by atoms with van der Waals surface area (Å²) < 4.78 is 0. The van der Waals surface area contributed by atoms with E-state index in [4.69, 9.17) is 11.6 Å². The van der Waals surface area contributed by atoms with Gasteiger partial charge in [0.1, 0.15) is 11.2 Å². The average Bonchev–Trinajstić information content (AvgIpc) is 3.52. The van der Waals surface area contributed by atoms with E-state index in [-0.39, 0.29) is 29.1 Å². The molecule has 6 rings (SSSR count). The number of nitrogens with one attached hydrogen (secondary N) is 1. The first-order valence-corrected chi connectivity index (χ1v) is 11.9. The van der Waals surface area contributed by atoms with Crippen LogP contribution in [0.4, 0.5) is 11.4 Å². The van der Waals surface area contributed by atoms with Crippen molar-refractivity contribution in [1.29, 1.82) is 0 Å². The third-order valence-electron chi connectivity index (χ3n) is 7.63. The van der Waals surface area contributed by atoms with Crippen LogP contribution in [0.15, 0.2) is 66.9 Å². The number of amides is 1. The summed E-state index contributed by atoms with van der Waals surface area (Å²) in [5.41, 5.74) is 0.900. The number of carbonyl (C=O) groups is 2. The zero-order valence-corrected chi connectivity index (χ0v) is 19.3. The Morgan fingerprint density at radius 3 is 2.80 bits per heavy atom. The maximum absolute atomic E-state index is 14.2. The van der Waals surface area contributed by atoms with E-state index >= 15 is 0 Å². The molecule has 35 heavy (non-hydrogen) atoms. The number of rotatable bonds is 4. The molecule has 176 valence electrons. The van der Waals surface area contributed by atoms with Crippen LogP contribution in [-0.2, 0) is 10.3 Å². The summed E-state index contributed by atoms with van der Waals surface area (Å²) >= 11 is 6.40. The number of hydrogen-bond acceptors (Lipinski definition) is 6. The topological polar surface area (TPSA) is 105 Å². The van der Waals surface area contributed by atoms with Crippen LogP contribution in [-0.4, -0.2) is 39.1 Å². The molecule has 0 unspecified atom stereocenters. The predicted octanol–water partition coefficient (Wildman–Crippen LogP) is 4.55. The minimum absolute atomic E-state index is 0.0450. The summed E-state index contributed by atoms with van der Waals surface area (Å²) in [6.07, 6.45) is 3.17. The molecule has 1 amide bonds. The van der Waals surface area contributed by atoms with Crippen molar-refractivity contribution >= 4 is 34.7 Å². The van der Waals surface area contributed by atoms with E-state index < -0.39 is 22.3 Å². The molecule has 0 saturated carbocycles. The third kappa shape index (κ3) is 3.06. The number of nitro groups is 1. The van der Waals surface area contributed by atoms with E-state index in [1.165, 1.54) is 12.1 Å². The van der Waals surface area contributed by atoms with Crippen molar-refractivity contribution in [3.63, 3.8) is 0 Å². The number of nitro benzene ring substituents is 1. The van der Waals surface area contributed by atoms with E-state index in [2.05, 4.69) is 15.2 Å². The van der Waals surface area contributed by atoms with Gasteiger partial charge in [0.25, 0.3) is 5.69 Å². The predicted molar refractivity (Wildman–Crippen MR) is 129 cm³/mol. The highest BCUT2D eigenvalue weighted by atomic mass is 35.5. The van der Waals surface area contributed by atoms with Crippen LogP contribution >= 0.6 is 11.6 Å². The second-order valence-electron chi connectivity index (χ2n) is 9.25. The molecule has 3 aliphatic heterocycles. The normalized spacial score (nSPS) is 27.0. The average molecular weight is 489 g/mol. The molecular weight excluding hydrogens is 468 g/mol. The Hall–Kier alpha value is -3.62. The molecule has 2 fully saturated rings. The molecule has 1 N–H and O–H groups in total. The Labute approximate surface area is 206 Å². The summed E-state index contributed by atoms with van der Waals surface area (Å²) in [6, 6.07) is 16.6. The molecule has 4 atom stereocenters. The van der Waals surface area contributed by atoms with Crippen LogP contribution in [0.5, 0.6) is 0 Å². The van der Waals surface area contributed by atoms with Gasteiger partial charge in [-0.1, -0.05) is 29.8 Å². The van der Waals surface area contributed by atoms with E-state index in [1.807, 2.05) is 6.07 Å². The number of halogens is 1. The second-order valence-corrected chi connectivity index (χ2v) is 9.68. The van der Waals surface area contributed by atoms with E-state index in [0.29, 0.717) is 28.4 Å². The number of Topliss-reactive ketones (excluding diaryl/α,β-unsaturated/α-hetero) is 1. The van der Waals surface area contributed by atoms with Crippen LogP contribution in [0.2, 0.25) is 5.02 Å². The highest BCUT2D eigenvalue weighted by Crippen LogP contribution is 2.61. The maximum atomic E-state index is 14.2. The molecule has 8 nitrogen and oxygen atoms in total. The van der Waals surface area contributed by atoms with Gasteiger partial charge in [0.05, 0.1) is 10.8 Å². The number of non-ortho nitro benzene ring substituents is 1. The van der Waals surface area contributed by atoms with Crippen LogP contribution in [0.1, 0.15) is 40.4 Å². The Balaban J connectivity index is 1.63. The first kappa shape index (κ1) is 21.9. The SMILES string of the molecule is O=C(c1ccccn1)[C@@H]1[C@H](c2cccc([N+](=O)[O-])c2)[C@H]2CCCN2[C@]12C(=O)Nc1ccc(Cl)cc12. The molecule has 0 radical (unpaired) electrons. The highest BCUT2D eigenvalue weighted by Gasteiger charge is 2.69. The van der Waals surface area contributed by atoms with Crippen molar-refractivity contribution in [2.24, 2.45) is 5.92 Å². The van der Waals surface area contributed by atoms with Crippen molar-refractivity contribution in [3.05, 3.63) is 98.8 Å². The molecular formula is C26H21ClN4O4. The van der Waals surface area contributed by atoms with Gasteiger partial charge in [-0.3, -0.25) is 29.6 Å². The molecule has 4 heterocycles. The van der Waals surface area contributed by atoms with Crippen LogP contribution in [0.3, 0.4) is 0 Å². The highest BCUT2D eigenvalue weighted by molar-refractivity contribution is 6.31. The van der Waals surface area contributed by atoms with Gasteiger partial charge in [-0.15, -0.1) is 0 Å². The minimum atomic E-state index is -1.29. The first-order valence-electron chi connectivity index (χ1n) is 11.5. The van der Waals surface area contributed by atoms with Crippen LogP contribution < -0.4 is 5.32 Å². The second kappa shape index (κ2) is 7.96. The van der Waals surface area contributed by atoms with Gasteiger partial charge >= 0.3 is 0 Å². The zero-order valence-electron chi connectivity index (χ0n) is 18.6. The van der Waals surface area contributed by atoms with Gasteiger partial charge in [-0.2, -0.15) is 0 Å². The number of anilines is 1. The van der Waals surface area contributed by atoms with Gasteiger partial charge in [0.15, 0.2) is 5.78 Å². The number of aromatic nitrogens is 1. The summed E-state index contributed by atoms with van der Waals surface area (Å²) in [5.74, 6) is -1.82. The number of pyridine rings is 1. The lowest BCUT2D eigenvalue weighted by atomic mass is 9.69. The summed E-state index contributed by atoms with van der Waals surface area (Å²) in [4.78, 5) is 45.7. The fraction of sp³-hybridized carbons (Fsp3) is 0.269. The van der Waals surface area contributed by atoms with Crippen molar-refractivity contribution in [2.45, 2.75) is 30.3 Å². The first-order chi connectivity index (χ1) is 16.9. The lowest BCUT2D eigenvalue weighted by molar-refractivity contribution is -0.384. The van der Waals surface area contributed by atoms with Gasteiger partial charge in [0, 0.05) is 46.6 Å². The zero-order chi connectivity index (χ0) is 24.3. The molecule has 9 heteroatoms. The Morgan fingerprint density at radius 2 is 2.03 bits per heavy atom. The minimum Gasteiger partial charge on any atom is -0.324 e. The fourth-order valence-electron chi connectivity index (χ4n) is 6.42. The van der Waals surface area contributed by atoms with Gasteiger partial charge in [0.2, 0.25) is 5.91 Å². The number of nitrogens with zero attached hydrogens (tertiary/aromatic N) is 3. The lowest BCUT2D eigenvalue weighted by Crippen LogP contribution is -2.53. The standard InChI is InChI=1S/C26H21ClN4O4/c27-16-9-10-19-18(14-16)26(25(33)29-19)23(24(32)20-7-1-2-11-28-20)22(21-8-4-12-30(21)26)15-5-3-6-17(13-15)31(34)35/h1-3,5-7,9-11,13-14,21-23H,4,8,12H2,(H,29,33)/t21-,22-,23+,26+/m1/s1. The summed E-state index contributed by atoms with van der Waals surface area (Å²) in [5, 5.41) is 15.0. The van der Waals surface area contributed by atoms with E-state index in [9.17, 15) is 19.7 Å². The molecule has 0 bridgehead atoms. The van der Waals surface area contributed by atoms with Crippen molar-refractivity contribution in [1.82, 2.24) is 9.88 Å². The summed E-state index contributed by atoms with van der Waals surface area (Å²) in [6.45, 7) is 0.626. The molecule has 1 spiro atoms. The Morgan fingerprint density at radius 1 is 1.17 bits per heavy atom. The van der Waals surface area contributed by atoms with Gasteiger partial charge in [-0.25, -0.2) is 0 Å². The lowest BCUT2D eigenvalue weighted by Gasteiger charge is -2.36. The quantitative estimate of drug-likeness (QED) is 0.328. The number of fused-ring (bicyclic) bond motifs is 4. The third-order valence-corrected chi connectivity index (χ3v) is 7.86. The van der Waals surface area contributed by atoms with E-state index in [0.717, 1.165) is 12.8 Å². The Kier molecular flexibility index (Phi) is 4.98. The summed E-state index contributed by atoms with van der Waals surface area (Å²) in [7, 11) is 0. The van der Waals surface area contributed by atoms with Crippen LogP contribution in [0, 0.1) is 16.0 Å². The molecule has 3 aliphatic rings. The molecule has 0 aliphatic carbocycles. The smallest absolute Gasteiger partial charge is 0.269 e. The number of hydrogen-bond donors (Lipinski definition) is 1. The van der Waals surface area contributed by atoms with Crippen LogP contribution in [0.25, 0.3) is 0 Å². The van der Waals surface area contributed by atoms with Gasteiger partial charge < -0.3 is 5.32 Å².